The highest BCUT2D eigenvalue weighted by Crippen LogP contribution is 2.30. The fourth-order valence-corrected chi connectivity index (χ4v) is 2.19. The maximum Gasteiger partial charge on any atom is 0.236 e. The van der Waals surface area contributed by atoms with E-state index in [4.69, 9.17) is 16.3 Å². The van der Waals surface area contributed by atoms with Gasteiger partial charge >= 0.3 is 0 Å². The first kappa shape index (κ1) is 13.8. The lowest BCUT2D eigenvalue weighted by Crippen LogP contribution is -2.12. The second kappa shape index (κ2) is 6.04. The minimum absolute atomic E-state index is 0. The van der Waals surface area contributed by atoms with Crippen LogP contribution in [0.25, 0.3) is 0 Å². The number of rotatable bonds is 4. The molecule has 1 aliphatic heterocycles. The molecule has 1 aromatic heterocycles. The third-order valence-corrected chi connectivity index (χ3v) is 3.46. The molecule has 0 bridgehead atoms. The summed E-state index contributed by atoms with van der Waals surface area (Å²) in [6, 6.07) is 0. The van der Waals surface area contributed by atoms with Crippen LogP contribution in [0.15, 0.2) is 6.20 Å². The zero-order valence-electron chi connectivity index (χ0n) is 10.1. The molecule has 1 N–H and O–H groups in total. The van der Waals surface area contributed by atoms with Crippen LogP contribution in [0.2, 0.25) is 5.02 Å². The summed E-state index contributed by atoms with van der Waals surface area (Å²) >= 11 is 6.02. The molecule has 2 heterocycles. The predicted molar refractivity (Wildman–Crippen MR) is 72.6 cm³/mol. The number of hydrogen-bond donors (Lipinski definition) is 1. The van der Waals surface area contributed by atoms with Crippen molar-refractivity contribution in [2.24, 2.45) is 5.92 Å². The maximum absolute atomic E-state index is 6.02. The SMILES string of the molecule is Cl.Clc1cnc(C[C@@H]2CCNC2)nc1OC1CC1. The van der Waals surface area contributed by atoms with Crippen LogP contribution in [0, 0.1) is 5.92 Å². The molecule has 0 amide bonds. The molecule has 1 saturated heterocycles. The fraction of sp³-hybridized carbons (Fsp3) is 0.667. The van der Waals surface area contributed by atoms with Gasteiger partial charge in [0.2, 0.25) is 5.88 Å². The van der Waals surface area contributed by atoms with Crippen LogP contribution < -0.4 is 10.1 Å². The summed E-state index contributed by atoms with van der Waals surface area (Å²) in [5.74, 6) is 2.05. The van der Waals surface area contributed by atoms with Crippen molar-refractivity contribution < 1.29 is 4.74 Å². The van der Waals surface area contributed by atoms with Gasteiger partial charge in [-0.25, -0.2) is 4.98 Å². The van der Waals surface area contributed by atoms with Crippen molar-refractivity contribution in [2.75, 3.05) is 13.1 Å². The van der Waals surface area contributed by atoms with Crippen LogP contribution in [0.1, 0.15) is 25.1 Å². The van der Waals surface area contributed by atoms with E-state index < -0.39 is 0 Å². The average molecular weight is 290 g/mol. The van der Waals surface area contributed by atoms with E-state index in [2.05, 4.69) is 15.3 Å². The van der Waals surface area contributed by atoms with Crippen molar-refractivity contribution in [3.8, 4) is 5.88 Å². The molecule has 0 spiro atoms. The Morgan fingerprint density at radius 2 is 2.22 bits per heavy atom. The van der Waals surface area contributed by atoms with E-state index in [0.717, 1.165) is 38.2 Å². The minimum atomic E-state index is 0. The molecule has 0 radical (unpaired) electrons. The van der Waals surface area contributed by atoms with Gasteiger partial charge in [0, 0.05) is 6.42 Å². The Balaban J connectivity index is 0.00000120. The van der Waals surface area contributed by atoms with E-state index in [1.807, 2.05) is 0 Å². The third-order valence-electron chi connectivity index (χ3n) is 3.20. The average Bonchev–Trinajstić information content (AvgIpc) is 2.98. The van der Waals surface area contributed by atoms with Crippen molar-refractivity contribution in [3.05, 3.63) is 17.0 Å². The minimum Gasteiger partial charge on any atom is -0.473 e. The molecule has 2 fully saturated rings. The Hall–Kier alpha value is -0.580. The van der Waals surface area contributed by atoms with E-state index in [0.29, 0.717) is 22.9 Å². The molecule has 1 aromatic rings. The molecule has 4 nitrogen and oxygen atoms in total. The van der Waals surface area contributed by atoms with E-state index in [1.165, 1.54) is 6.42 Å². The zero-order valence-corrected chi connectivity index (χ0v) is 11.6. The highest BCUT2D eigenvalue weighted by Gasteiger charge is 2.25. The van der Waals surface area contributed by atoms with Gasteiger partial charge in [0.25, 0.3) is 0 Å². The van der Waals surface area contributed by atoms with Crippen LogP contribution in [-0.2, 0) is 6.42 Å². The molecule has 2 aliphatic rings. The highest BCUT2D eigenvalue weighted by atomic mass is 35.5. The fourth-order valence-electron chi connectivity index (χ4n) is 2.06. The molecule has 1 atom stereocenters. The van der Waals surface area contributed by atoms with Gasteiger partial charge in [-0.05, 0) is 38.3 Å². The Labute approximate surface area is 118 Å². The second-order valence-corrected chi connectivity index (χ2v) is 5.23. The van der Waals surface area contributed by atoms with Gasteiger partial charge in [0.05, 0.1) is 6.20 Å². The summed E-state index contributed by atoms with van der Waals surface area (Å²) in [7, 11) is 0. The third kappa shape index (κ3) is 3.46. The first-order valence-electron chi connectivity index (χ1n) is 6.20. The highest BCUT2D eigenvalue weighted by molar-refractivity contribution is 6.31. The Bertz CT molecular complexity index is 406. The molecule has 3 rings (SSSR count). The van der Waals surface area contributed by atoms with Crippen LogP contribution >= 0.6 is 24.0 Å². The van der Waals surface area contributed by atoms with Gasteiger partial charge in [-0.3, -0.25) is 0 Å². The molecule has 1 saturated carbocycles. The lowest BCUT2D eigenvalue weighted by atomic mass is 10.0. The summed E-state index contributed by atoms with van der Waals surface area (Å²) < 4.78 is 5.66. The number of ether oxygens (including phenoxy) is 1. The summed E-state index contributed by atoms with van der Waals surface area (Å²) in [5, 5.41) is 3.87. The number of aromatic nitrogens is 2. The monoisotopic (exact) mass is 289 g/mol. The van der Waals surface area contributed by atoms with Gasteiger partial charge < -0.3 is 10.1 Å². The number of halogens is 2. The van der Waals surface area contributed by atoms with E-state index in [1.54, 1.807) is 6.20 Å². The molecule has 0 aromatic carbocycles. The second-order valence-electron chi connectivity index (χ2n) is 4.82. The molecule has 18 heavy (non-hydrogen) atoms. The van der Waals surface area contributed by atoms with Crippen LogP contribution in [0.4, 0.5) is 0 Å². The first-order valence-corrected chi connectivity index (χ1v) is 6.58. The largest absolute Gasteiger partial charge is 0.473 e. The summed E-state index contributed by atoms with van der Waals surface area (Å²) in [4.78, 5) is 8.70. The zero-order chi connectivity index (χ0) is 11.7. The van der Waals surface area contributed by atoms with Crippen molar-refractivity contribution in [3.63, 3.8) is 0 Å². The predicted octanol–water partition coefficient (Wildman–Crippen LogP) is 2.25. The van der Waals surface area contributed by atoms with Crippen LogP contribution in [0.5, 0.6) is 5.88 Å². The first-order chi connectivity index (χ1) is 8.31. The molecule has 0 unspecified atom stereocenters. The van der Waals surface area contributed by atoms with Gasteiger partial charge in [0.15, 0.2) is 0 Å². The van der Waals surface area contributed by atoms with Crippen LogP contribution in [0.3, 0.4) is 0 Å². The Morgan fingerprint density at radius 3 is 2.89 bits per heavy atom. The summed E-state index contributed by atoms with van der Waals surface area (Å²) in [6.07, 6.45) is 6.31. The smallest absolute Gasteiger partial charge is 0.236 e. The number of hydrogen-bond acceptors (Lipinski definition) is 4. The number of nitrogens with one attached hydrogen (secondary N) is 1. The topological polar surface area (TPSA) is 47.0 Å². The van der Waals surface area contributed by atoms with Crippen molar-refractivity contribution >= 4 is 24.0 Å². The molecule has 100 valence electrons. The van der Waals surface area contributed by atoms with Crippen molar-refractivity contribution in [1.82, 2.24) is 15.3 Å². The quantitative estimate of drug-likeness (QED) is 0.924. The Morgan fingerprint density at radius 1 is 1.39 bits per heavy atom. The maximum atomic E-state index is 6.02. The van der Waals surface area contributed by atoms with Crippen LogP contribution in [-0.4, -0.2) is 29.2 Å². The number of nitrogens with zero attached hydrogens (tertiary/aromatic N) is 2. The van der Waals surface area contributed by atoms with E-state index in [9.17, 15) is 0 Å². The summed E-state index contributed by atoms with van der Waals surface area (Å²) in [5.41, 5.74) is 0. The molecule has 1 aliphatic carbocycles. The summed E-state index contributed by atoms with van der Waals surface area (Å²) in [6.45, 7) is 2.16. The normalized spacial score (nSPS) is 22.6. The van der Waals surface area contributed by atoms with Crippen molar-refractivity contribution in [1.29, 1.82) is 0 Å². The van der Waals surface area contributed by atoms with E-state index in [-0.39, 0.29) is 12.4 Å². The lowest BCUT2D eigenvalue weighted by molar-refractivity contribution is 0.289. The standard InChI is InChI=1S/C12H16ClN3O.ClH/c13-10-7-15-11(5-8-3-4-14-6-8)16-12(10)17-9-1-2-9;/h7-9,14H,1-6H2;1H/t8-;/m0./s1. The van der Waals surface area contributed by atoms with E-state index >= 15 is 0 Å². The van der Waals surface area contributed by atoms with Gasteiger partial charge in [-0.2, -0.15) is 4.98 Å². The van der Waals surface area contributed by atoms with Gasteiger partial charge in [-0.1, -0.05) is 11.6 Å². The van der Waals surface area contributed by atoms with Crippen molar-refractivity contribution in [2.45, 2.75) is 31.8 Å². The molecular formula is C12H17Cl2N3O. The Kier molecular flexibility index (Phi) is 4.65. The van der Waals surface area contributed by atoms with Gasteiger partial charge in [-0.15, -0.1) is 12.4 Å². The molecular weight excluding hydrogens is 273 g/mol. The lowest BCUT2D eigenvalue weighted by Gasteiger charge is -2.09. The van der Waals surface area contributed by atoms with Gasteiger partial charge in [0.1, 0.15) is 17.0 Å². The molecule has 6 heteroatoms.